The zero-order valence-corrected chi connectivity index (χ0v) is 11.5. The van der Waals surface area contributed by atoms with Gasteiger partial charge >= 0.3 is 5.97 Å². The van der Waals surface area contributed by atoms with Crippen LogP contribution in [0.25, 0.3) is 0 Å². The van der Waals surface area contributed by atoms with Crippen molar-refractivity contribution in [2.24, 2.45) is 0 Å². The summed E-state index contributed by atoms with van der Waals surface area (Å²) in [6, 6.07) is 0. The van der Waals surface area contributed by atoms with Gasteiger partial charge in [0.25, 0.3) is 10.0 Å². The molecule has 2 heterocycles. The van der Waals surface area contributed by atoms with E-state index in [1.54, 1.807) is 0 Å². The average molecular weight is 301 g/mol. The number of nitrogens with zero attached hydrogens (tertiary/aromatic N) is 1. The Bertz CT molecular complexity index is 702. The van der Waals surface area contributed by atoms with E-state index in [2.05, 4.69) is 14.9 Å². The Kier molecular flexibility index (Phi) is 3.69. The number of aryl methyl sites for hydroxylation is 1. The summed E-state index contributed by atoms with van der Waals surface area (Å²) in [6.07, 6.45) is 0.965. The van der Waals surface area contributed by atoms with E-state index >= 15 is 0 Å². The number of aromatic carboxylic acids is 1. The Labute approximate surface area is 113 Å². The molecule has 0 aliphatic heterocycles. The maximum atomic E-state index is 12.0. The first-order chi connectivity index (χ1) is 8.92. The topological polar surface area (TPSA) is 112 Å². The summed E-state index contributed by atoms with van der Waals surface area (Å²) >= 11 is 1.47. The van der Waals surface area contributed by atoms with Crippen molar-refractivity contribution in [2.45, 2.75) is 18.5 Å². The summed E-state index contributed by atoms with van der Waals surface area (Å²) in [6.45, 7) is 1.98. The molecule has 102 valence electrons. The van der Waals surface area contributed by atoms with Gasteiger partial charge in [0, 0.05) is 6.54 Å². The fourth-order valence-electron chi connectivity index (χ4n) is 1.44. The summed E-state index contributed by atoms with van der Waals surface area (Å²) in [5.41, 5.74) is 1.45. The van der Waals surface area contributed by atoms with Crippen molar-refractivity contribution in [1.82, 2.24) is 14.9 Å². The third-order valence-corrected chi connectivity index (χ3v) is 4.80. The number of nitrogens with one attached hydrogen (secondary N) is 2. The first-order valence-electron chi connectivity index (χ1n) is 5.20. The molecule has 3 N–H and O–H groups in total. The monoisotopic (exact) mass is 301 g/mol. The van der Waals surface area contributed by atoms with Crippen LogP contribution in [0.1, 0.15) is 21.5 Å². The highest BCUT2D eigenvalue weighted by atomic mass is 32.2. The second-order valence-electron chi connectivity index (χ2n) is 3.82. The van der Waals surface area contributed by atoms with Crippen molar-refractivity contribution in [3.63, 3.8) is 0 Å². The molecule has 0 fully saturated rings. The van der Waals surface area contributed by atoms with Gasteiger partial charge in [-0.25, -0.2) is 17.9 Å². The lowest BCUT2D eigenvalue weighted by Crippen LogP contribution is -2.25. The predicted octanol–water partition coefficient (Wildman–Crippen LogP) is 0.956. The van der Waals surface area contributed by atoms with Crippen LogP contribution in [0.3, 0.4) is 0 Å². The van der Waals surface area contributed by atoms with Crippen LogP contribution in [0.2, 0.25) is 0 Å². The first-order valence-corrected chi connectivity index (χ1v) is 7.62. The standard InChI is InChI=1S/C10H11N3O4S2/c1-6-4-18-5-7(6)2-12-19(16,17)9-8(10(14)15)3-11-13-9/h3-5,12H,2H2,1H3,(H,11,13)(H,14,15). The summed E-state index contributed by atoms with van der Waals surface area (Å²) in [7, 11) is -3.93. The van der Waals surface area contributed by atoms with Gasteiger partial charge in [-0.2, -0.15) is 16.4 Å². The molecule has 0 spiro atoms. The number of sulfonamides is 1. The van der Waals surface area contributed by atoms with Crippen LogP contribution >= 0.6 is 11.3 Å². The highest BCUT2D eigenvalue weighted by Crippen LogP contribution is 2.16. The highest BCUT2D eigenvalue weighted by Gasteiger charge is 2.24. The van der Waals surface area contributed by atoms with Gasteiger partial charge in [0.05, 0.1) is 6.20 Å². The minimum atomic E-state index is -3.93. The molecule has 9 heteroatoms. The number of rotatable bonds is 5. The van der Waals surface area contributed by atoms with Crippen molar-refractivity contribution in [1.29, 1.82) is 0 Å². The molecular weight excluding hydrogens is 290 g/mol. The third-order valence-electron chi connectivity index (χ3n) is 2.52. The van der Waals surface area contributed by atoms with Crippen molar-refractivity contribution < 1.29 is 18.3 Å². The van der Waals surface area contributed by atoms with E-state index < -0.39 is 21.0 Å². The Morgan fingerprint density at radius 3 is 2.84 bits per heavy atom. The molecule has 7 nitrogen and oxygen atoms in total. The van der Waals surface area contributed by atoms with E-state index in [-0.39, 0.29) is 12.1 Å². The van der Waals surface area contributed by atoms with Crippen molar-refractivity contribution in [2.75, 3.05) is 0 Å². The summed E-state index contributed by atoms with van der Waals surface area (Å²) < 4.78 is 26.3. The van der Waals surface area contributed by atoms with Crippen LogP contribution in [0, 0.1) is 6.92 Å². The molecule has 19 heavy (non-hydrogen) atoms. The molecule has 0 saturated carbocycles. The number of thiophene rings is 1. The molecule has 0 aliphatic carbocycles. The SMILES string of the molecule is Cc1cscc1CNS(=O)(=O)c1[nH]ncc1C(=O)O. The quantitative estimate of drug-likeness (QED) is 0.761. The number of carboxylic acids is 1. The number of H-pyrrole nitrogens is 1. The fraction of sp³-hybridized carbons (Fsp3) is 0.200. The molecule has 0 atom stereocenters. The summed E-state index contributed by atoms with van der Waals surface area (Å²) in [5.74, 6) is -1.35. The molecule has 0 radical (unpaired) electrons. The minimum Gasteiger partial charge on any atom is -0.478 e. The Morgan fingerprint density at radius 1 is 1.53 bits per heavy atom. The average Bonchev–Trinajstić information content (AvgIpc) is 2.95. The van der Waals surface area contributed by atoms with Crippen molar-refractivity contribution >= 4 is 27.3 Å². The number of carbonyl (C=O) groups is 1. The largest absolute Gasteiger partial charge is 0.478 e. The zero-order valence-electron chi connectivity index (χ0n) is 9.87. The number of hydrogen-bond acceptors (Lipinski definition) is 5. The summed E-state index contributed by atoms with van der Waals surface area (Å²) in [4.78, 5) is 10.9. The Morgan fingerprint density at radius 2 is 2.26 bits per heavy atom. The van der Waals surface area contributed by atoms with Gasteiger partial charge in [0.15, 0.2) is 5.03 Å². The molecular formula is C10H11N3O4S2. The molecule has 2 aromatic rings. The molecule has 2 aromatic heterocycles. The molecule has 0 aromatic carbocycles. The smallest absolute Gasteiger partial charge is 0.340 e. The van der Waals surface area contributed by atoms with E-state index in [0.717, 1.165) is 17.3 Å². The van der Waals surface area contributed by atoms with E-state index in [4.69, 9.17) is 5.11 Å². The van der Waals surface area contributed by atoms with Gasteiger partial charge in [-0.1, -0.05) is 0 Å². The van der Waals surface area contributed by atoms with E-state index in [1.165, 1.54) is 11.3 Å². The Balaban J connectivity index is 2.21. The fourth-order valence-corrected chi connectivity index (χ4v) is 3.39. The van der Waals surface area contributed by atoms with Crippen LogP contribution in [-0.4, -0.2) is 29.7 Å². The Hall–Kier alpha value is -1.71. The second kappa shape index (κ2) is 5.11. The lowest BCUT2D eigenvalue weighted by molar-refractivity contribution is 0.0692. The highest BCUT2D eigenvalue weighted by molar-refractivity contribution is 7.89. The van der Waals surface area contributed by atoms with Crippen LogP contribution in [0.5, 0.6) is 0 Å². The van der Waals surface area contributed by atoms with Gasteiger partial charge in [-0.15, -0.1) is 0 Å². The first kappa shape index (κ1) is 13.7. The lowest BCUT2D eigenvalue weighted by Gasteiger charge is -2.05. The van der Waals surface area contributed by atoms with E-state index in [1.807, 2.05) is 17.7 Å². The number of hydrogen-bond donors (Lipinski definition) is 3. The summed E-state index contributed by atoms with van der Waals surface area (Å²) in [5, 5.41) is 17.8. The van der Waals surface area contributed by atoms with E-state index in [0.29, 0.717) is 0 Å². The third kappa shape index (κ3) is 2.83. The number of carboxylic acid groups (broad SMARTS) is 1. The molecule has 0 bridgehead atoms. The van der Waals surface area contributed by atoms with Crippen molar-refractivity contribution in [3.05, 3.63) is 33.6 Å². The zero-order chi connectivity index (χ0) is 14.0. The molecule has 0 aliphatic rings. The van der Waals surface area contributed by atoms with Crippen LogP contribution in [0.4, 0.5) is 0 Å². The maximum absolute atomic E-state index is 12.0. The van der Waals surface area contributed by atoms with Gasteiger partial charge in [-0.3, -0.25) is 5.10 Å². The van der Waals surface area contributed by atoms with Gasteiger partial charge in [0.2, 0.25) is 0 Å². The minimum absolute atomic E-state index is 0.107. The molecule has 0 unspecified atom stereocenters. The van der Waals surface area contributed by atoms with Crippen LogP contribution < -0.4 is 4.72 Å². The van der Waals surface area contributed by atoms with Crippen LogP contribution in [0.15, 0.2) is 22.0 Å². The van der Waals surface area contributed by atoms with Crippen molar-refractivity contribution in [3.8, 4) is 0 Å². The maximum Gasteiger partial charge on any atom is 0.340 e. The van der Waals surface area contributed by atoms with Gasteiger partial charge < -0.3 is 5.11 Å². The number of aromatic nitrogens is 2. The number of aromatic amines is 1. The second-order valence-corrected chi connectivity index (χ2v) is 6.27. The molecule has 0 amide bonds. The van der Waals surface area contributed by atoms with Crippen LogP contribution in [-0.2, 0) is 16.6 Å². The normalized spacial score (nSPS) is 11.6. The lowest BCUT2D eigenvalue weighted by atomic mass is 10.2. The molecule has 0 saturated heterocycles. The van der Waals surface area contributed by atoms with Gasteiger partial charge in [-0.05, 0) is 28.8 Å². The molecule has 2 rings (SSSR count). The van der Waals surface area contributed by atoms with E-state index in [9.17, 15) is 13.2 Å². The van der Waals surface area contributed by atoms with Gasteiger partial charge in [0.1, 0.15) is 5.56 Å². The predicted molar refractivity (Wildman–Crippen MR) is 68.6 cm³/mol.